The molecule has 0 aliphatic heterocycles. The predicted octanol–water partition coefficient (Wildman–Crippen LogP) is 3.57. The van der Waals surface area contributed by atoms with Gasteiger partial charge in [0.05, 0.1) is 17.3 Å². The highest BCUT2D eigenvalue weighted by Crippen LogP contribution is 2.33. The van der Waals surface area contributed by atoms with Gasteiger partial charge < -0.3 is 14.4 Å². The van der Waals surface area contributed by atoms with E-state index in [1.54, 1.807) is 0 Å². The molecule has 2 aromatic rings. The second kappa shape index (κ2) is 9.34. The van der Waals surface area contributed by atoms with Crippen molar-refractivity contribution in [3.63, 3.8) is 0 Å². The van der Waals surface area contributed by atoms with Gasteiger partial charge in [0.15, 0.2) is 5.75 Å². The number of rotatable bonds is 9. The number of sulfonamides is 1. The Balaban J connectivity index is 1.83. The quantitative estimate of drug-likeness (QED) is 0.582. The molecule has 0 amide bonds. The monoisotopic (exact) mass is 438 g/mol. The van der Waals surface area contributed by atoms with Crippen molar-refractivity contribution in [2.75, 3.05) is 26.4 Å². The van der Waals surface area contributed by atoms with Crippen LogP contribution in [-0.4, -0.2) is 44.8 Å². The number of thioether (sulfide) groups is 1. The Kier molecular flexibility index (Phi) is 7.69. The van der Waals surface area contributed by atoms with E-state index < -0.39 is 15.8 Å². The van der Waals surface area contributed by atoms with E-state index in [4.69, 9.17) is 27.6 Å². The lowest BCUT2D eigenvalue weighted by atomic mass is 10.3. The molecule has 26 heavy (non-hydrogen) atoms. The van der Waals surface area contributed by atoms with Crippen LogP contribution in [0.15, 0.2) is 33.6 Å². The van der Waals surface area contributed by atoms with Gasteiger partial charge in [-0.15, -0.1) is 0 Å². The molecule has 0 radical (unpaired) electrons. The van der Waals surface area contributed by atoms with Gasteiger partial charge >= 0.3 is 0 Å². The van der Waals surface area contributed by atoms with Crippen molar-refractivity contribution in [2.45, 2.75) is 17.2 Å². The standard InChI is InChI=1S/C16H20Cl2N2O4S2/c1-20(2)9-12-3-4-13(24-12)10-25-6-5-19-26(22,23)15-8-11(17)7-14(18)16(15)21/h3-4,7-8,19,21H,5-6,9-10H2,1-2H3. The highest BCUT2D eigenvalue weighted by molar-refractivity contribution is 7.98. The average molecular weight is 439 g/mol. The Bertz CT molecular complexity index is 854. The van der Waals surface area contributed by atoms with Crippen LogP contribution in [0, 0.1) is 0 Å². The van der Waals surface area contributed by atoms with Crippen LogP contribution in [-0.2, 0) is 22.3 Å². The summed E-state index contributed by atoms with van der Waals surface area (Å²) in [6, 6.07) is 6.29. The molecule has 10 heteroatoms. The summed E-state index contributed by atoms with van der Waals surface area (Å²) in [5.74, 6) is 2.40. The summed E-state index contributed by atoms with van der Waals surface area (Å²) >= 11 is 13.1. The Morgan fingerprint density at radius 1 is 1.23 bits per heavy atom. The lowest BCUT2D eigenvalue weighted by Gasteiger charge is -2.09. The van der Waals surface area contributed by atoms with Crippen molar-refractivity contribution in [3.05, 3.63) is 45.8 Å². The molecule has 0 atom stereocenters. The first-order chi connectivity index (χ1) is 12.2. The Labute approximate surface area is 167 Å². The van der Waals surface area contributed by atoms with Crippen LogP contribution < -0.4 is 4.72 Å². The molecule has 0 aliphatic rings. The van der Waals surface area contributed by atoms with Gasteiger partial charge in [0.2, 0.25) is 10.0 Å². The maximum Gasteiger partial charge on any atom is 0.244 e. The number of nitrogens with one attached hydrogen (secondary N) is 1. The van der Waals surface area contributed by atoms with Gasteiger partial charge in [-0.2, -0.15) is 11.8 Å². The number of phenolic OH excluding ortho intramolecular Hbond substituents is 1. The van der Waals surface area contributed by atoms with E-state index in [9.17, 15) is 13.5 Å². The van der Waals surface area contributed by atoms with Gasteiger partial charge in [0, 0.05) is 17.3 Å². The summed E-state index contributed by atoms with van der Waals surface area (Å²) < 4.78 is 32.7. The number of benzene rings is 1. The van der Waals surface area contributed by atoms with E-state index in [1.165, 1.54) is 17.8 Å². The largest absolute Gasteiger partial charge is 0.505 e. The van der Waals surface area contributed by atoms with Crippen molar-refractivity contribution in [1.82, 2.24) is 9.62 Å². The number of furan rings is 1. The normalized spacial score (nSPS) is 12.0. The molecule has 1 aromatic carbocycles. The molecular weight excluding hydrogens is 419 g/mol. The van der Waals surface area contributed by atoms with Crippen molar-refractivity contribution in [1.29, 1.82) is 0 Å². The zero-order chi connectivity index (χ0) is 19.3. The third kappa shape index (κ3) is 6.07. The Hall–Kier alpha value is -0.900. The molecule has 2 rings (SSSR count). The molecule has 2 N–H and O–H groups in total. The van der Waals surface area contributed by atoms with Crippen LogP contribution >= 0.6 is 35.0 Å². The van der Waals surface area contributed by atoms with Gasteiger partial charge in [-0.25, -0.2) is 13.1 Å². The van der Waals surface area contributed by atoms with E-state index >= 15 is 0 Å². The summed E-state index contributed by atoms with van der Waals surface area (Å²) in [5, 5.41) is 9.86. The number of aromatic hydroxyl groups is 1. The number of hydrogen-bond acceptors (Lipinski definition) is 6. The fraction of sp³-hybridized carbons (Fsp3) is 0.375. The summed E-state index contributed by atoms with van der Waals surface area (Å²) in [6.07, 6.45) is 0. The van der Waals surface area contributed by atoms with Crippen LogP contribution in [0.4, 0.5) is 0 Å². The van der Waals surface area contributed by atoms with E-state index in [-0.39, 0.29) is 21.5 Å². The van der Waals surface area contributed by atoms with Crippen LogP contribution in [0.3, 0.4) is 0 Å². The van der Waals surface area contributed by atoms with E-state index in [1.807, 2.05) is 31.1 Å². The number of hydrogen-bond donors (Lipinski definition) is 2. The highest BCUT2D eigenvalue weighted by atomic mass is 35.5. The minimum Gasteiger partial charge on any atom is -0.505 e. The number of halogens is 2. The first-order valence-electron chi connectivity index (χ1n) is 7.67. The third-order valence-electron chi connectivity index (χ3n) is 3.25. The molecule has 0 bridgehead atoms. The average Bonchev–Trinajstić information content (AvgIpc) is 2.96. The molecule has 0 saturated heterocycles. The van der Waals surface area contributed by atoms with Crippen molar-refractivity contribution in [2.24, 2.45) is 0 Å². The van der Waals surface area contributed by atoms with Crippen molar-refractivity contribution < 1.29 is 17.9 Å². The van der Waals surface area contributed by atoms with Gasteiger partial charge in [-0.05, 0) is 38.4 Å². The van der Waals surface area contributed by atoms with Crippen molar-refractivity contribution >= 4 is 45.0 Å². The fourth-order valence-corrected chi connectivity index (χ4v) is 4.81. The van der Waals surface area contributed by atoms with Crippen LogP contribution in [0.25, 0.3) is 0 Å². The first kappa shape index (κ1) is 21.4. The third-order valence-corrected chi connectivity index (χ3v) is 6.22. The van der Waals surface area contributed by atoms with Crippen LogP contribution in [0.2, 0.25) is 10.0 Å². The van der Waals surface area contributed by atoms with Crippen LogP contribution in [0.1, 0.15) is 11.5 Å². The second-order valence-electron chi connectivity index (χ2n) is 5.79. The molecule has 6 nitrogen and oxygen atoms in total. The zero-order valence-corrected chi connectivity index (χ0v) is 17.5. The minimum absolute atomic E-state index is 0.112. The maximum absolute atomic E-state index is 12.3. The Morgan fingerprint density at radius 2 is 1.92 bits per heavy atom. The van der Waals surface area contributed by atoms with Crippen molar-refractivity contribution in [3.8, 4) is 5.75 Å². The molecule has 144 valence electrons. The summed E-state index contributed by atoms with van der Waals surface area (Å²) in [6.45, 7) is 0.929. The zero-order valence-electron chi connectivity index (χ0n) is 14.3. The smallest absolute Gasteiger partial charge is 0.244 e. The minimum atomic E-state index is -3.90. The lowest BCUT2D eigenvalue weighted by Crippen LogP contribution is -2.26. The molecule has 1 aromatic heterocycles. The molecule has 0 saturated carbocycles. The summed E-state index contributed by atoms with van der Waals surface area (Å²) in [4.78, 5) is 1.68. The predicted molar refractivity (Wildman–Crippen MR) is 106 cm³/mol. The van der Waals surface area contributed by atoms with Gasteiger partial charge in [0.25, 0.3) is 0 Å². The summed E-state index contributed by atoms with van der Waals surface area (Å²) in [5.41, 5.74) is 0. The maximum atomic E-state index is 12.3. The van der Waals surface area contributed by atoms with E-state index in [0.717, 1.165) is 24.1 Å². The van der Waals surface area contributed by atoms with E-state index in [0.29, 0.717) is 11.5 Å². The van der Waals surface area contributed by atoms with Gasteiger partial charge in [0.1, 0.15) is 16.4 Å². The lowest BCUT2D eigenvalue weighted by molar-refractivity contribution is 0.344. The molecule has 0 unspecified atom stereocenters. The fourth-order valence-electron chi connectivity index (χ4n) is 2.14. The molecule has 0 fully saturated rings. The van der Waals surface area contributed by atoms with Crippen LogP contribution in [0.5, 0.6) is 5.75 Å². The highest BCUT2D eigenvalue weighted by Gasteiger charge is 2.21. The van der Waals surface area contributed by atoms with Gasteiger partial charge in [-0.1, -0.05) is 23.2 Å². The van der Waals surface area contributed by atoms with Gasteiger partial charge in [-0.3, -0.25) is 0 Å². The topological polar surface area (TPSA) is 82.8 Å². The number of phenols is 1. The number of nitrogens with zero attached hydrogens (tertiary/aromatic N) is 1. The second-order valence-corrected chi connectivity index (χ2v) is 9.47. The molecule has 0 aliphatic carbocycles. The molecule has 1 heterocycles. The molecule has 0 spiro atoms. The summed E-state index contributed by atoms with van der Waals surface area (Å²) in [7, 11) is 0.0308. The first-order valence-corrected chi connectivity index (χ1v) is 11.1. The SMILES string of the molecule is CN(C)Cc1ccc(CSCCNS(=O)(=O)c2cc(Cl)cc(Cl)c2O)o1. The van der Waals surface area contributed by atoms with E-state index in [2.05, 4.69) is 4.72 Å². The Morgan fingerprint density at radius 3 is 2.62 bits per heavy atom. The molecular formula is C16H20Cl2N2O4S2.